The van der Waals surface area contributed by atoms with Gasteiger partial charge in [-0.3, -0.25) is 10.1 Å². The van der Waals surface area contributed by atoms with E-state index in [4.69, 9.17) is 38.0 Å². The highest BCUT2D eigenvalue weighted by atomic mass is 35.5. The number of carbonyl (C=O) groups excluding carboxylic acids is 1. The molecule has 3 N–H and O–H groups in total. The number of ether oxygens (including phenoxy) is 3. The summed E-state index contributed by atoms with van der Waals surface area (Å²) in [5, 5.41) is 14.4. The molecule has 1 aliphatic heterocycles. The number of halogens is 1. The minimum atomic E-state index is -1.17. The number of thiocarbonyl (C=S) groups is 1. The van der Waals surface area contributed by atoms with E-state index in [1.165, 1.54) is 19.2 Å². The Balaban J connectivity index is 1.75. The van der Waals surface area contributed by atoms with Gasteiger partial charge >= 0.3 is 5.97 Å². The molecule has 0 atom stereocenters. The van der Waals surface area contributed by atoms with Crippen molar-refractivity contribution in [3.63, 3.8) is 0 Å². The zero-order valence-electron chi connectivity index (χ0n) is 14.6. The van der Waals surface area contributed by atoms with E-state index in [2.05, 4.69) is 10.6 Å². The molecule has 1 heterocycles. The van der Waals surface area contributed by atoms with Gasteiger partial charge in [0.2, 0.25) is 0 Å². The molecule has 0 bridgehead atoms. The van der Waals surface area contributed by atoms with Crippen LogP contribution in [-0.2, 0) is 0 Å². The molecule has 146 valence electrons. The quantitative estimate of drug-likeness (QED) is 0.646. The van der Waals surface area contributed by atoms with Crippen molar-refractivity contribution >= 4 is 46.5 Å². The van der Waals surface area contributed by atoms with Crippen LogP contribution in [0.2, 0.25) is 5.02 Å². The average molecular weight is 423 g/mol. The molecule has 0 unspecified atom stereocenters. The SMILES string of the molecule is COc1c(Cl)cc(C(=O)O)cc1NC(=S)NC(=O)c1ccc2c(c1)OCCO2. The lowest BCUT2D eigenvalue weighted by Crippen LogP contribution is -2.34. The fraction of sp³-hybridized carbons (Fsp3) is 0.167. The van der Waals surface area contributed by atoms with Gasteiger partial charge in [-0.2, -0.15) is 0 Å². The van der Waals surface area contributed by atoms with Crippen LogP contribution in [0.15, 0.2) is 30.3 Å². The second kappa shape index (κ2) is 8.32. The molecule has 0 fully saturated rings. The number of rotatable bonds is 4. The van der Waals surface area contributed by atoms with Crippen LogP contribution in [0.1, 0.15) is 20.7 Å². The van der Waals surface area contributed by atoms with Gasteiger partial charge in [-0.1, -0.05) is 11.6 Å². The lowest BCUT2D eigenvalue weighted by atomic mass is 10.1. The van der Waals surface area contributed by atoms with Gasteiger partial charge in [0, 0.05) is 5.56 Å². The van der Waals surface area contributed by atoms with Crippen molar-refractivity contribution in [2.75, 3.05) is 25.6 Å². The Kier molecular flexibility index (Phi) is 5.86. The molecule has 0 saturated carbocycles. The zero-order chi connectivity index (χ0) is 20.3. The minimum absolute atomic E-state index is 0.0585. The van der Waals surface area contributed by atoms with Crippen molar-refractivity contribution in [1.29, 1.82) is 0 Å². The summed E-state index contributed by atoms with van der Waals surface area (Å²) in [5.41, 5.74) is 0.465. The van der Waals surface area contributed by atoms with E-state index >= 15 is 0 Å². The Labute approximate surface area is 170 Å². The smallest absolute Gasteiger partial charge is 0.335 e. The number of anilines is 1. The van der Waals surface area contributed by atoms with E-state index in [0.717, 1.165) is 0 Å². The maximum Gasteiger partial charge on any atom is 0.335 e. The summed E-state index contributed by atoms with van der Waals surface area (Å²) in [6.07, 6.45) is 0. The lowest BCUT2D eigenvalue weighted by molar-refractivity contribution is 0.0696. The summed E-state index contributed by atoms with van der Waals surface area (Å²) in [6, 6.07) is 7.32. The summed E-state index contributed by atoms with van der Waals surface area (Å²) < 4.78 is 16.0. The monoisotopic (exact) mass is 422 g/mol. The lowest BCUT2D eigenvalue weighted by Gasteiger charge is -2.19. The van der Waals surface area contributed by atoms with Gasteiger partial charge in [-0.15, -0.1) is 0 Å². The van der Waals surface area contributed by atoms with E-state index in [9.17, 15) is 14.7 Å². The summed E-state index contributed by atoms with van der Waals surface area (Å²) in [4.78, 5) is 23.7. The number of amides is 1. The topological polar surface area (TPSA) is 106 Å². The molecule has 0 aromatic heterocycles. The van der Waals surface area contributed by atoms with E-state index in [1.54, 1.807) is 18.2 Å². The summed E-state index contributed by atoms with van der Waals surface area (Å²) in [5.74, 6) is -0.413. The van der Waals surface area contributed by atoms with Crippen molar-refractivity contribution in [1.82, 2.24) is 5.32 Å². The summed E-state index contributed by atoms with van der Waals surface area (Å²) in [6.45, 7) is 0.852. The molecule has 1 amide bonds. The molecular formula is C18H15ClN2O6S. The number of carbonyl (C=O) groups is 2. The Morgan fingerprint density at radius 3 is 2.54 bits per heavy atom. The number of benzene rings is 2. The summed E-state index contributed by atoms with van der Waals surface area (Å²) >= 11 is 11.2. The molecular weight excluding hydrogens is 408 g/mol. The van der Waals surface area contributed by atoms with Gasteiger partial charge in [0.25, 0.3) is 5.91 Å². The first kappa shape index (κ1) is 19.7. The van der Waals surface area contributed by atoms with Gasteiger partial charge in [-0.05, 0) is 42.5 Å². The first-order valence-electron chi connectivity index (χ1n) is 8.02. The normalized spacial score (nSPS) is 12.1. The largest absolute Gasteiger partial charge is 0.493 e. The van der Waals surface area contributed by atoms with Crippen molar-refractivity contribution in [3.8, 4) is 17.2 Å². The zero-order valence-corrected chi connectivity index (χ0v) is 16.1. The Morgan fingerprint density at radius 2 is 1.86 bits per heavy atom. The molecule has 0 spiro atoms. The van der Waals surface area contributed by atoms with Crippen LogP contribution in [-0.4, -0.2) is 42.4 Å². The van der Waals surface area contributed by atoms with Crippen molar-refractivity contribution < 1.29 is 28.9 Å². The standard InChI is InChI=1S/C18H15ClN2O6S/c1-25-15-11(19)6-10(17(23)24)7-12(15)20-18(28)21-16(22)9-2-3-13-14(8-9)27-5-4-26-13/h2-3,6-8H,4-5H2,1H3,(H,23,24)(H2,20,21,22,28). The van der Waals surface area contributed by atoms with E-state index in [0.29, 0.717) is 30.3 Å². The highest BCUT2D eigenvalue weighted by Crippen LogP contribution is 2.34. The van der Waals surface area contributed by atoms with Gasteiger partial charge < -0.3 is 24.6 Å². The predicted molar refractivity (Wildman–Crippen MR) is 106 cm³/mol. The predicted octanol–water partition coefficient (Wildman–Crippen LogP) is 2.94. The van der Waals surface area contributed by atoms with E-state index in [-0.39, 0.29) is 27.1 Å². The first-order valence-corrected chi connectivity index (χ1v) is 8.80. The number of hydrogen-bond acceptors (Lipinski definition) is 6. The van der Waals surface area contributed by atoms with Crippen LogP contribution < -0.4 is 24.8 Å². The van der Waals surface area contributed by atoms with Crippen LogP contribution in [0.25, 0.3) is 0 Å². The highest BCUT2D eigenvalue weighted by molar-refractivity contribution is 7.80. The van der Waals surface area contributed by atoms with Crippen LogP contribution in [0.5, 0.6) is 17.2 Å². The number of carboxylic acids is 1. The Morgan fingerprint density at radius 1 is 1.14 bits per heavy atom. The van der Waals surface area contributed by atoms with E-state index in [1.807, 2.05) is 0 Å². The number of carboxylic acid groups (broad SMARTS) is 1. The fourth-order valence-electron chi connectivity index (χ4n) is 2.53. The van der Waals surface area contributed by atoms with Crippen LogP contribution in [0.3, 0.4) is 0 Å². The number of hydrogen-bond donors (Lipinski definition) is 3. The molecule has 10 heteroatoms. The number of nitrogens with one attached hydrogen (secondary N) is 2. The van der Waals surface area contributed by atoms with Gasteiger partial charge in [0.05, 0.1) is 23.4 Å². The van der Waals surface area contributed by atoms with Gasteiger partial charge in [-0.25, -0.2) is 4.79 Å². The van der Waals surface area contributed by atoms with Gasteiger partial charge in [0.1, 0.15) is 13.2 Å². The number of methoxy groups -OCH3 is 1. The molecule has 0 aliphatic carbocycles. The minimum Gasteiger partial charge on any atom is -0.493 e. The molecule has 3 rings (SSSR count). The third kappa shape index (κ3) is 4.26. The molecule has 2 aromatic carbocycles. The highest BCUT2D eigenvalue weighted by Gasteiger charge is 2.18. The second-order valence-electron chi connectivity index (χ2n) is 5.61. The Bertz CT molecular complexity index is 965. The Hall–Kier alpha value is -3.04. The van der Waals surface area contributed by atoms with Crippen molar-refractivity contribution in [2.45, 2.75) is 0 Å². The second-order valence-corrected chi connectivity index (χ2v) is 6.43. The van der Waals surface area contributed by atoms with E-state index < -0.39 is 11.9 Å². The number of aromatic carboxylic acids is 1. The molecule has 1 aliphatic rings. The molecule has 28 heavy (non-hydrogen) atoms. The fourth-order valence-corrected chi connectivity index (χ4v) is 3.03. The van der Waals surface area contributed by atoms with Crippen LogP contribution in [0, 0.1) is 0 Å². The maximum absolute atomic E-state index is 12.4. The third-order valence-electron chi connectivity index (χ3n) is 3.77. The van der Waals surface area contributed by atoms with Crippen molar-refractivity contribution in [2.24, 2.45) is 0 Å². The average Bonchev–Trinajstić information content (AvgIpc) is 2.67. The number of fused-ring (bicyclic) bond motifs is 1. The molecule has 8 nitrogen and oxygen atoms in total. The van der Waals surface area contributed by atoms with Gasteiger partial charge in [0.15, 0.2) is 22.4 Å². The van der Waals surface area contributed by atoms with Crippen molar-refractivity contribution in [3.05, 3.63) is 46.5 Å². The molecule has 0 radical (unpaired) electrons. The molecule has 0 saturated heterocycles. The van der Waals surface area contributed by atoms with Crippen LogP contribution >= 0.6 is 23.8 Å². The van der Waals surface area contributed by atoms with Crippen LogP contribution in [0.4, 0.5) is 5.69 Å². The molecule has 2 aromatic rings. The maximum atomic E-state index is 12.4. The summed E-state index contributed by atoms with van der Waals surface area (Å²) in [7, 11) is 1.38. The third-order valence-corrected chi connectivity index (χ3v) is 4.26. The first-order chi connectivity index (χ1) is 13.4.